The van der Waals surface area contributed by atoms with Gasteiger partial charge < -0.3 is 33.7 Å². The predicted octanol–water partition coefficient (Wildman–Crippen LogP) is 3.94. The van der Waals surface area contributed by atoms with Gasteiger partial charge in [-0.1, -0.05) is 20.8 Å². The molecule has 2 heterocycles. The van der Waals surface area contributed by atoms with E-state index >= 15 is 0 Å². The van der Waals surface area contributed by atoms with E-state index < -0.39 is 22.0 Å². The van der Waals surface area contributed by atoms with Crippen molar-refractivity contribution in [2.75, 3.05) is 38.5 Å². The average Bonchev–Trinajstić information content (AvgIpc) is 3.14. The molecule has 0 aliphatic rings. The Hall–Kier alpha value is -1.56. The highest BCUT2D eigenvalue weighted by atomic mass is 31.2. The molecule has 13 heteroatoms. The molecule has 32 heavy (non-hydrogen) atoms. The maximum absolute atomic E-state index is 12.7. The normalized spacial score (nSPS) is 14.1. The molecule has 0 fully saturated rings. The van der Waals surface area contributed by atoms with Crippen molar-refractivity contribution in [3.8, 4) is 6.01 Å². The molecule has 0 aliphatic carbocycles. The Kier molecular flexibility index (Phi) is 9.21. The van der Waals surface area contributed by atoms with Crippen LogP contribution < -0.4 is 10.5 Å². The number of hydrogen-bond donors (Lipinski definition) is 2. The summed E-state index contributed by atoms with van der Waals surface area (Å²) in [5, 5.41) is -0.0218. The summed E-state index contributed by atoms with van der Waals surface area (Å²) in [7, 11) is -5.47. The number of nitrogens with zero attached hydrogens (tertiary/aromatic N) is 3. The summed E-state index contributed by atoms with van der Waals surface area (Å²) in [5.41, 5.74) is 6.91. The highest BCUT2D eigenvalue weighted by Crippen LogP contribution is 2.48. The molecule has 2 aromatic heterocycles. The Morgan fingerprint density at radius 3 is 2.41 bits per heavy atom. The minimum absolute atomic E-state index is 0.0218. The third-order valence-electron chi connectivity index (χ3n) is 5.16. The Labute approximate surface area is 190 Å². The van der Waals surface area contributed by atoms with E-state index in [0.29, 0.717) is 11.2 Å². The van der Waals surface area contributed by atoms with Crippen LogP contribution in [0.3, 0.4) is 0 Å². The number of aromatic nitrogens is 4. The number of nitrogen functional groups attached to an aromatic ring is 1. The lowest BCUT2D eigenvalue weighted by Gasteiger charge is -2.39. The minimum Gasteiger partial charge on any atom is -0.461 e. The Morgan fingerprint density at radius 1 is 1.16 bits per heavy atom. The molecule has 0 saturated carbocycles. The molecule has 0 radical (unpaired) electrons. The highest BCUT2D eigenvalue weighted by Gasteiger charge is 2.39. The second-order valence-corrected chi connectivity index (χ2v) is 15.5. The molecule has 182 valence electrons. The predicted molar refractivity (Wildman–Crippen MR) is 125 cm³/mol. The fourth-order valence-corrected chi connectivity index (χ4v) is 5.24. The molecule has 1 unspecified atom stereocenters. The van der Waals surface area contributed by atoms with Gasteiger partial charge in [0.15, 0.2) is 19.8 Å². The van der Waals surface area contributed by atoms with E-state index in [1.54, 1.807) is 13.8 Å². The number of ether oxygens (including phenoxy) is 2. The number of aromatic amines is 1. The molecule has 11 nitrogen and oxygen atoms in total. The summed E-state index contributed by atoms with van der Waals surface area (Å²) in [6, 6.07) is 0.0974. The maximum Gasteiger partial charge on any atom is 0.356 e. The summed E-state index contributed by atoms with van der Waals surface area (Å²) >= 11 is 0. The van der Waals surface area contributed by atoms with Gasteiger partial charge in [-0.15, -0.1) is 0 Å². The molecule has 2 rings (SSSR count). The minimum atomic E-state index is -3.32. The number of anilines is 1. The Bertz CT molecular complexity index is 909. The lowest BCUT2D eigenvalue weighted by atomic mass is 10.2. The average molecular weight is 490 g/mol. The topological polar surface area (TPSA) is 144 Å². The number of hydrogen-bond acceptors (Lipinski definition) is 10. The molecule has 1 atom stereocenters. The molecular weight excluding hydrogens is 453 g/mol. The van der Waals surface area contributed by atoms with Crippen molar-refractivity contribution in [1.82, 2.24) is 19.9 Å². The number of H-pyrrole nitrogens is 1. The van der Waals surface area contributed by atoms with Crippen LogP contribution in [0.5, 0.6) is 6.01 Å². The number of rotatable bonds is 13. The van der Waals surface area contributed by atoms with Crippen LogP contribution in [0.4, 0.5) is 5.82 Å². The van der Waals surface area contributed by atoms with Crippen molar-refractivity contribution < 1.29 is 27.5 Å². The quantitative estimate of drug-likeness (QED) is 0.313. The smallest absolute Gasteiger partial charge is 0.356 e. The Morgan fingerprint density at radius 2 is 1.81 bits per heavy atom. The van der Waals surface area contributed by atoms with Gasteiger partial charge in [0, 0.05) is 0 Å². The summed E-state index contributed by atoms with van der Waals surface area (Å²) in [6.07, 6.45) is 0.868. The van der Waals surface area contributed by atoms with Crippen molar-refractivity contribution in [1.29, 1.82) is 0 Å². The molecule has 0 bridgehead atoms. The zero-order valence-electron chi connectivity index (χ0n) is 20.0. The molecular formula is C19H36N5O6PSi. The van der Waals surface area contributed by atoms with E-state index in [9.17, 15) is 4.57 Å². The van der Waals surface area contributed by atoms with Crippen LogP contribution >= 0.6 is 7.60 Å². The monoisotopic (exact) mass is 489 g/mol. The van der Waals surface area contributed by atoms with Gasteiger partial charge in [-0.25, -0.2) is 4.98 Å². The second-order valence-electron chi connectivity index (χ2n) is 8.75. The van der Waals surface area contributed by atoms with Gasteiger partial charge in [-0.05, 0) is 32.0 Å². The first-order chi connectivity index (χ1) is 14.9. The van der Waals surface area contributed by atoms with Gasteiger partial charge in [0.25, 0.3) is 0 Å². The molecule has 0 amide bonds. The van der Waals surface area contributed by atoms with Crippen molar-refractivity contribution in [3.05, 3.63) is 6.33 Å². The zero-order valence-corrected chi connectivity index (χ0v) is 21.9. The van der Waals surface area contributed by atoms with Gasteiger partial charge in [0.05, 0.1) is 26.1 Å². The second kappa shape index (κ2) is 11.0. The van der Waals surface area contributed by atoms with Gasteiger partial charge >= 0.3 is 13.6 Å². The SMILES string of the molecule is CCOP(=O)(COCC(COc1nc(N)c2[nH]cnc2n1)O[Si](C)(C)C(C)(C)C)OCC. The Balaban J connectivity index is 2.10. The van der Waals surface area contributed by atoms with Crippen LogP contribution in [-0.4, -0.2) is 67.1 Å². The van der Waals surface area contributed by atoms with E-state index in [1.165, 1.54) is 6.33 Å². The summed E-state index contributed by atoms with van der Waals surface area (Å²) in [6.45, 7) is 15.0. The van der Waals surface area contributed by atoms with Gasteiger partial charge in [0.1, 0.15) is 24.6 Å². The molecule has 0 saturated heterocycles. The van der Waals surface area contributed by atoms with Crippen LogP contribution in [0.2, 0.25) is 18.1 Å². The third kappa shape index (κ3) is 7.22. The standard InChI is InChI=1S/C19H36N5O6PSi/c1-8-28-31(25,29-9-2)13-26-10-14(30-32(6,7)19(3,4)5)11-27-18-23-16(20)15-17(24-18)22-12-21-15/h12,14H,8-11,13H2,1-7H3,(H3,20,21,22,23,24). The first-order valence-corrected chi connectivity index (χ1v) is 15.3. The highest BCUT2D eigenvalue weighted by molar-refractivity contribution is 7.53. The van der Waals surface area contributed by atoms with Crippen molar-refractivity contribution in [2.24, 2.45) is 0 Å². The van der Waals surface area contributed by atoms with Crippen LogP contribution in [0.15, 0.2) is 6.33 Å². The molecule has 0 aromatic carbocycles. The van der Waals surface area contributed by atoms with E-state index in [4.69, 9.17) is 28.7 Å². The van der Waals surface area contributed by atoms with Crippen LogP contribution in [0.1, 0.15) is 34.6 Å². The lowest BCUT2D eigenvalue weighted by Crippen LogP contribution is -2.46. The number of fused-ring (bicyclic) bond motifs is 1. The summed E-state index contributed by atoms with van der Waals surface area (Å²) in [4.78, 5) is 15.4. The number of imidazole rings is 1. The first kappa shape index (κ1) is 26.7. The lowest BCUT2D eigenvalue weighted by molar-refractivity contribution is 0.0246. The van der Waals surface area contributed by atoms with E-state index in [0.717, 1.165) is 0 Å². The van der Waals surface area contributed by atoms with E-state index in [-0.39, 0.29) is 49.6 Å². The zero-order chi connectivity index (χ0) is 24.0. The van der Waals surface area contributed by atoms with E-state index in [2.05, 4.69) is 53.8 Å². The maximum atomic E-state index is 12.7. The molecule has 0 spiro atoms. The molecule has 3 N–H and O–H groups in total. The van der Waals surface area contributed by atoms with Gasteiger partial charge in [0.2, 0.25) is 0 Å². The molecule has 0 aliphatic heterocycles. The number of nitrogens with one attached hydrogen (secondary N) is 1. The van der Waals surface area contributed by atoms with Crippen molar-refractivity contribution in [3.63, 3.8) is 0 Å². The summed E-state index contributed by atoms with van der Waals surface area (Å²) < 4.78 is 41.2. The van der Waals surface area contributed by atoms with E-state index in [1.807, 2.05) is 0 Å². The van der Waals surface area contributed by atoms with Crippen LogP contribution in [0, 0.1) is 0 Å². The van der Waals surface area contributed by atoms with Crippen molar-refractivity contribution >= 4 is 32.9 Å². The largest absolute Gasteiger partial charge is 0.461 e. The van der Waals surface area contributed by atoms with Gasteiger partial charge in [-0.2, -0.15) is 9.97 Å². The first-order valence-electron chi connectivity index (χ1n) is 10.6. The fourth-order valence-electron chi connectivity index (χ4n) is 2.58. The van der Waals surface area contributed by atoms with Gasteiger partial charge in [-0.3, -0.25) is 4.57 Å². The van der Waals surface area contributed by atoms with Crippen LogP contribution in [-0.2, 0) is 22.8 Å². The number of nitrogens with two attached hydrogens (primary N) is 1. The molecule has 2 aromatic rings. The van der Waals surface area contributed by atoms with Crippen LogP contribution in [0.25, 0.3) is 11.2 Å². The summed E-state index contributed by atoms with van der Waals surface area (Å²) in [5.74, 6) is 0.245. The fraction of sp³-hybridized carbons (Fsp3) is 0.737. The third-order valence-corrected chi connectivity index (χ3v) is 11.5. The van der Waals surface area contributed by atoms with Crippen molar-refractivity contribution in [2.45, 2.75) is 58.9 Å².